The number of rotatable bonds is 8. The number of methoxy groups -OCH3 is 1. The van der Waals surface area contributed by atoms with Crippen LogP contribution in [0.2, 0.25) is 0 Å². The smallest absolute Gasteiger partial charge is 0.276 e. The molecule has 1 aromatic heterocycles. The summed E-state index contributed by atoms with van der Waals surface area (Å²) in [4.78, 5) is 31.6. The summed E-state index contributed by atoms with van der Waals surface area (Å²) in [7, 11) is 3.22. The summed E-state index contributed by atoms with van der Waals surface area (Å²) >= 11 is 3.20. The highest BCUT2D eigenvalue weighted by Crippen LogP contribution is 2.23. The molecule has 3 rings (SSSR count). The van der Waals surface area contributed by atoms with Crippen LogP contribution in [-0.2, 0) is 11.3 Å². The van der Waals surface area contributed by atoms with Crippen LogP contribution in [0.1, 0.15) is 21.7 Å². The summed E-state index contributed by atoms with van der Waals surface area (Å²) in [6, 6.07) is 9.76. The highest BCUT2D eigenvalue weighted by molar-refractivity contribution is 9.10. The van der Waals surface area contributed by atoms with Gasteiger partial charge in [-0.2, -0.15) is 4.98 Å². The van der Waals surface area contributed by atoms with Gasteiger partial charge in [-0.3, -0.25) is 14.2 Å². The Morgan fingerprint density at radius 3 is 2.67 bits per heavy atom. The van der Waals surface area contributed by atoms with Gasteiger partial charge in [0.1, 0.15) is 28.5 Å². The van der Waals surface area contributed by atoms with Crippen molar-refractivity contribution in [3.63, 3.8) is 0 Å². The van der Waals surface area contributed by atoms with Crippen molar-refractivity contribution in [3.8, 4) is 11.6 Å². The van der Waals surface area contributed by atoms with Crippen molar-refractivity contribution in [1.29, 1.82) is 0 Å². The lowest BCUT2D eigenvalue weighted by Crippen LogP contribution is -2.30. The molecular formula is C23H22BrF2N3O4. The van der Waals surface area contributed by atoms with E-state index in [1.54, 1.807) is 45.3 Å². The molecule has 10 heteroatoms. The molecule has 3 aromatic rings. The van der Waals surface area contributed by atoms with Gasteiger partial charge in [-0.05, 0) is 53.2 Å². The van der Waals surface area contributed by atoms with Gasteiger partial charge in [0.2, 0.25) is 5.88 Å². The number of aryl methyl sites for hydroxylation is 1. The quantitative estimate of drug-likeness (QED) is 0.449. The van der Waals surface area contributed by atoms with Gasteiger partial charge in [-0.25, -0.2) is 8.78 Å². The molecular weight excluding hydrogens is 500 g/mol. The van der Waals surface area contributed by atoms with E-state index in [1.807, 2.05) is 0 Å². The second-order valence-corrected chi connectivity index (χ2v) is 8.01. The minimum absolute atomic E-state index is 0.0241. The third-order valence-electron chi connectivity index (χ3n) is 4.87. The Morgan fingerprint density at radius 2 is 1.97 bits per heavy atom. The Bertz CT molecular complexity index is 1230. The largest absolute Gasteiger partial charge is 0.472 e. The molecule has 0 saturated heterocycles. The van der Waals surface area contributed by atoms with Gasteiger partial charge >= 0.3 is 0 Å². The van der Waals surface area contributed by atoms with Crippen molar-refractivity contribution >= 4 is 21.8 Å². The van der Waals surface area contributed by atoms with Gasteiger partial charge in [0.15, 0.2) is 0 Å². The highest BCUT2D eigenvalue weighted by atomic mass is 79.9. The van der Waals surface area contributed by atoms with Gasteiger partial charge in [0, 0.05) is 37.9 Å². The van der Waals surface area contributed by atoms with E-state index in [0.29, 0.717) is 30.2 Å². The second kappa shape index (κ2) is 10.7. The highest BCUT2D eigenvalue weighted by Gasteiger charge is 2.18. The van der Waals surface area contributed by atoms with Crippen molar-refractivity contribution < 1.29 is 23.0 Å². The first-order valence-electron chi connectivity index (χ1n) is 9.93. The standard InChI is InChI=1S/C23H22BrF2N3O4/c1-14-27-21(33-13-16-7-8-17(25)12-19(16)26)20(24)23(31)29(14)18-6-4-5-15(11-18)22(30)28(2)9-10-32-3/h4-8,11-12H,9-10,13H2,1-3H3. The van der Waals surface area contributed by atoms with Crippen LogP contribution >= 0.6 is 15.9 Å². The van der Waals surface area contributed by atoms with Crippen molar-refractivity contribution in [2.75, 3.05) is 27.3 Å². The summed E-state index contributed by atoms with van der Waals surface area (Å²) < 4.78 is 38.9. The van der Waals surface area contributed by atoms with Crippen molar-refractivity contribution in [2.45, 2.75) is 13.5 Å². The molecule has 0 N–H and O–H groups in total. The molecule has 0 fully saturated rings. The van der Waals surface area contributed by atoms with Crippen LogP contribution in [0.25, 0.3) is 5.69 Å². The summed E-state index contributed by atoms with van der Waals surface area (Å²) in [5, 5.41) is 0. The Balaban J connectivity index is 1.89. The molecule has 0 aliphatic carbocycles. The van der Waals surface area contributed by atoms with Gasteiger partial charge < -0.3 is 14.4 Å². The van der Waals surface area contributed by atoms with Gasteiger partial charge in [0.05, 0.1) is 12.3 Å². The van der Waals surface area contributed by atoms with E-state index in [9.17, 15) is 18.4 Å². The molecule has 174 valence electrons. The number of carbonyl (C=O) groups is 1. The van der Waals surface area contributed by atoms with Crippen LogP contribution in [0.4, 0.5) is 8.78 Å². The van der Waals surface area contributed by atoms with Crippen LogP contribution in [0.5, 0.6) is 5.88 Å². The van der Waals surface area contributed by atoms with Crippen molar-refractivity contribution in [1.82, 2.24) is 14.5 Å². The van der Waals surface area contributed by atoms with Gasteiger partial charge in [-0.15, -0.1) is 0 Å². The van der Waals surface area contributed by atoms with Gasteiger partial charge in [0.25, 0.3) is 11.5 Å². The Hall–Kier alpha value is -3.11. The number of halogens is 3. The van der Waals surface area contributed by atoms with E-state index < -0.39 is 17.2 Å². The zero-order valence-electron chi connectivity index (χ0n) is 18.3. The molecule has 0 atom stereocenters. The van der Waals surface area contributed by atoms with E-state index in [-0.39, 0.29) is 28.4 Å². The van der Waals surface area contributed by atoms with Crippen LogP contribution < -0.4 is 10.3 Å². The molecule has 7 nitrogen and oxygen atoms in total. The lowest BCUT2D eigenvalue weighted by Gasteiger charge is -2.18. The fourth-order valence-corrected chi connectivity index (χ4v) is 3.48. The maximum absolute atomic E-state index is 13.9. The summed E-state index contributed by atoms with van der Waals surface area (Å²) in [5.74, 6) is -1.39. The zero-order valence-corrected chi connectivity index (χ0v) is 19.9. The average Bonchev–Trinajstić information content (AvgIpc) is 2.79. The summed E-state index contributed by atoms with van der Waals surface area (Å²) in [6.45, 7) is 2.20. The lowest BCUT2D eigenvalue weighted by molar-refractivity contribution is 0.0744. The number of ether oxygens (including phenoxy) is 2. The van der Waals surface area contributed by atoms with Crippen LogP contribution in [0.15, 0.2) is 51.7 Å². The first-order valence-corrected chi connectivity index (χ1v) is 10.7. The van der Waals surface area contributed by atoms with Crippen LogP contribution in [0.3, 0.4) is 0 Å². The van der Waals surface area contributed by atoms with Crippen LogP contribution in [0, 0.1) is 18.6 Å². The maximum Gasteiger partial charge on any atom is 0.276 e. The number of hydrogen-bond donors (Lipinski definition) is 0. The molecule has 1 amide bonds. The molecule has 33 heavy (non-hydrogen) atoms. The fraction of sp³-hybridized carbons (Fsp3) is 0.261. The van der Waals surface area contributed by atoms with E-state index in [0.717, 1.165) is 12.1 Å². The first kappa shape index (κ1) is 24.5. The summed E-state index contributed by atoms with van der Waals surface area (Å²) in [6.07, 6.45) is 0. The zero-order chi connectivity index (χ0) is 24.1. The third kappa shape index (κ3) is 5.63. The van der Waals surface area contributed by atoms with E-state index in [1.165, 1.54) is 15.5 Å². The topological polar surface area (TPSA) is 73.7 Å². The Kier molecular flexibility index (Phi) is 7.93. The molecule has 0 radical (unpaired) electrons. The monoisotopic (exact) mass is 521 g/mol. The second-order valence-electron chi connectivity index (χ2n) is 7.21. The number of likely N-dealkylation sites (N-methyl/N-ethyl adjacent to an activating group) is 1. The lowest BCUT2D eigenvalue weighted by atomic mass is 10.1. The van der Waals surface area contributed by atoms with E-state index in [4.69, 9.17) is 9.47 Å². The minimum atomic E-state index is -0.756. The normalized spacial score (nSPS) is 10.8. The number of carbonyl (C=O) groups excluding carboxylic acids is 1. The number of aromatic nitrogens is 2. The number of nitrogens with zero attached hydrogens (tertiary/aromatic N) is 3. The maximum atomic E-state index is 13.9. The van der Waals surface area contributed by atoms with Crippen molar-refractivity contribution in [3.05, 3.63) is 85.9 Å². The predicted molar refractivity (Wildman–Crippen MR) is 122 cm³/mol. The minimum Gasteiger partial charge on any atom is -0.472 e. The molecule has 0 spiro atoms. The first-order chi connectivity index (χ1) is 15.7. The van der Waals surface area contributed by atoms with E-state index >= 15 is 0 Å². The molecule has 0 aliphatic rings. The third-order valence-corrected chi connectivity index (χ3v) is 5.55. The molecule has 0 unspecified atom stereocenters. The molecule has 0 saturated carbocycles. The van der Waals surface area contributed by atoms with Gasteiger partial charge in [-0.1, -0.05) is 6.07 Å². The molecule has 1 heterocycles. The molecule has 0 bridgehead atoms. The Morgan fingerprint density at radius 1 is 1.21 bits per heavy atom. The van der Waals surface area contributed by atoms with E-state index in [2.05, 4.69) is 20.9 Å². The molecule has 0 aliphatic heterocycles. The number of amides is 1. The number of hydrogen-bond acceptors (Lipinski definition) is 5. The average molecular weight is 522 g/mol. The van der Waals surface area contributed by atoms with Crippen LogP contribution in [-0.4, -0.2) is 47.7 Å². The number of benzene rings is 2. The SMILES string of the molecule is COCCN(C)C(=O)c1cccc(-n2c(C)nc(OCc3ccc(F)cc3F)c(Br)c2=O)c1. The molecule has 2 aromatic carbocycles. The summed E-state index contributed by atoms with van der Waals surface area (Å²) in [5.41, 5.74) is 0.513. The Labute approximate surface area is 197 Å². The predicted octanol–water partition coefficient (Wildman–Crippen LogP) is 3.88. The van der Waals surface area contributed by atoms with Crippen molar-refractivity contribution in [2.24, 2.45) is 0 Å². The fourth-order valence-electron chi connectivity index (χ4n) is 3.10.